The molecule has 0 radical (unpaired) electrons. The molecule has 0 unspecified atom stereocenters. The summed E-state index contributed by atoms with van der Waals surface area (Å²) in [6.45, 7) is 1.66. The number of halogens is 1. The summed E-state index contributed by atoms with van der Waals surface area (Å²) in [5.41, 5.74) is 9.07. The maximum absolute atomic E-state index is 12.9. The number of likely N-dealkylation sites (N-methyl/N-ethyl adjacent to an activating group) is 1. The Kier molecular flexibility index (Phi) is 8.29. The van der Waals surface area contributed by atoms with Crippen LogP contribution in [0.2, 0.25) is 5.02 Å². The molecule has 3 amide bonds. The van der Waals surface area contributed by atoms with Crippen molar-refractivity contribution in [1.82, 2.24) is 9.80 Å². The van der Waals surface area contributed by atoms with E-state index in [0.717, 1.165) is 5.56 Å². The number of amides is 3. The molecule has 0 bridgehead atoms. The second-order valence-electron chi connectivity index (χ2n) is 7.90. The maximum atomic E-state index is 12.9. The molecule has 8 heteroatoms. The Balaban J connectivity index is 1.67. The van der Waals surface area contributed by atoms with Gasteiger partial charge in [0, 0.05) is 35.9 Å². The van der Waals surface area contributed by atoms with Gasteiger partial charge in [0.25, 0.3) is 5.91 Å². The summed E-state index contributed by atoms with van der Waals surface area (Å²) in [6, 6.07) is 21.1. The van der Waals surface area contributed by atoms with Crippen molar-refractivity contribution in [3.8, 4) is 0 Å². The van der Waals surface area contributed by atoms with E-state index in [0.29, 0.717) is 47.3 Å². The molecular weight excluding hydrogens is 438 g/mol. The molecule has 0 saturated heterocycles. The van der Waals surface area contributed by atoms with Gasteiger partial charge in [-0.1, -0.05) is 35.9 Å². The van der Waals surface area contributed by atoms with Crippen LogP contribution in [-0.2, 0) is 6.54 Å². The number of nitrogens with two attached hydrogens (primary N) is 1. The Morgan fingerprint density at radius 3 is 2.18 bits per heavy atom. The number of benzene rings is 3. The van der Waals surface area contributed by atoms with Crippen LogP contribution >= 0.6 is 11.6 Å². The minimum atomic E-state index is -0.246. The lowest BCUT2D eigenvalue weighted by Crippen LogP contribution is -2.39. The molecule has 0 saturated carbocycles. The third-order valence-corrected chi connectivity index (χ3v) is 5.25. The molecule has 0 aliphatic heterocycles. The lowest BCUT2D eigenvalue weighted by molar-refractivity contribution is 0.102. The van der Waals surface area contributed by atoms with Crippen molar-refractivity contribution in [2.24, 2.45) is 0 Å². The van der Waals surface area contributed by atoms with E-state index >= 15 is 0 Å². The second-order valence-corrected chi connectivity index (χ2v) is 8.34. The zero-order valence-corrected chi connectivity index (χ0v) is 19.5. The van der Waals surface area contributed by atoms with Crippen molar-refractivity contribution < 1.29 is 9.59 Å². The summed E-state index contributed by atoms with van der Waals surface area (Å²) in [6.07, 6.45) is 0. The van der Waals surface area contributed by atoms with E-state index in [4.69, 9.17) is 17.3 Å². The summed E-state index contributed by atoms with van der Waals surface area (Å²) < 4.78 is 0. The Hall–Kier alpha value is -3.55. The normalized spacial score (nSPS) is 10.7. The largest absolute Gasteiger partial charge is 0.397 e. The number of nitrogens with one attached hydrogen (secondary N) is 2. The lowest BCUT2D eigenvalue weighted by atomic mass is 10.1. The highest BCUT2D eigenvalue weighted by Crippen LogP contribution is 2.19. The van der Waals surface area contributed by atoms with Crippen LogP contribution in [0.5, 0.6) is 0 Å². The molecule has 0 aliphatic rings. The van der Waals surface area contributed by atoms with Gasteiger partial charge in [0.1, 0.15) is 0 Å². The molecule has 3 aromatic rings. The van der Waals surface area contributed by atoms with E-state index in [-0.39, 0.29) is 11.9 Å². The molecule has 0 fully saturated rings. The first-order chi connectivity index (χ1) is 15.8. The van der Waals surface area contributed by atoms with E-state index in [1.807, 2.05) is 43.3 Å². The van der Waals surface area contributed by atoms with Crippen LogP contribution in [0.25, 0.3) is 0 Å². The number of anilines is 3. The van der Waals surface area contributed by atoms with Gasteiger partial charge in [-0.05, 0) is 68.2 Å². The van der Waals surface area contributed by atoms with Gasteiger partial charge in [-0.15, -0.1) is 0 Å². The molecular formula is C25H28ClN5O2. The van der Waals surface area contributed by atoms with Gasteiger partial charge in [-0.2, -0.15) is 0 Å². The number of nitrogen functional groups attached to an aromatic ring is 1. The Bertz CT molecular complexity index is 1080. The lowest BCUT2D eigenvalue weighted by Gasteiger charge is -2.25. The number of carbonyl (C=O) groups is 2. The minimum absolute atomic E-state index is 0.208. The van der Waals surface area contributed by atoms with E-state index in [2.05, 4.69) is 10.6 Å². The van der Waals surface area contributed by atoms with Crippen molar-refractivity contribution in [2.75, 3.05) is 43.6 Å². The van der Waals surface area contributed by atoms with E-state index in [1.165, 1.54) is 0 Å². The van der Waals surface area contributed by atoms with Crippen molar-refractivity contribution in [3.05, 3.63) is 88.9 Å². The van der Waals surface area contributed by atoms with Gasteiger partial charge in [-0.3, -0.25) is 4.79 Å². The van der Waals surface area contributed by atoms with Gasteiger partial charge >= 0.3 is 6.03 Å². The number of rotatable bonds is 8. The van der Waals surface area contributed by atoms with Crippen LogP contribution in [0, 0.1) is 0 Å². The van der Waals surface area contributed by atoms with Crippen LogP contribution in [0.4, 0.5) is 21.9 Å². The van der Waals surface area contributed by atoms with Gasteiger partial charge < -0.3 is 26.2 Å². The second kappa shape index (κ2) is 11.4. The predicted octanol–water partition coefficient (Wildman–Crippen LogP) is 4.77. The Morgan fingerprint density at radius 1 is 0.879 bits per heavy atom. The summed E-state index contributed by atoms with van der Waals surface area (Å²) >= 11 is 5.93. The summed E-state index contributed by atoms with van der Waals surface area (Å²) in [4.78, 5) is 29.2. The van der Waals surface area contributed by atoms with E-state index in [1.54, 1.807) is 53.4 Å². The molecule has 0 aliphatic carbocycles. The molecule has 3 aromatic carbocycles. The number of hydrogen-bond acceptors (Lipinski definition) is 4. The number of hydrogen-bond donors (Lipinski definition) is 3. The molecule has 4 N–H and O–H groups in total. The first kappa shape index (κ1) is 24.1. The fourth-order valence-electron chi connectivity index (χ4n) is 3.10. The SMILES string of the molecule is CN(C)CCN(Cc1ccc(C(=O)Nc2ccccc2N)cc1)C(=O)Nc1ccc(Cl)cc1. The average molecular weight is 466 g/mol. The first-order valence-corrected chi connectivity index (χ1v) is 10.9. The molecule has 0 atom stereocenters. The van der Waals surface area contributed by atoms with Crippen LogP contribution in [0.1, 0.15) is 15.9 Å². The zero-order chi connectivity index (χ0) is 23.8. The van der Waals surface area contributed by atoms with Gasteiger partial charge in [-0.25, -0.2) is 4.79 Å². The van der Waals surface area contributed by atoms with Crippen molar-refractivity contribution in [3.63, 3.8) is 0 Å². The van der Waals surface area contributed by atoms with Gasteiger partial charge in [0.15, 0.2) is 0 Å². The monoisotopic (exact) mass is 465 g/mol. The topological polar surface area (TPSA) is 90.7 Å². The third kappa shape index (κ3) is 7.24. The van der Waals surface area contributed by atoms with Crippen LogP contribution < -0.4 is 16.4 Å². The average Bonchev–Trinajstić information content (AvgIpc) is 2.80. The molecule has 7 nitrogen and oxygen atoms in total. The molecule has 172 valence electrons. The summed E-state index contributed by atoms with van der Waals surface area (Å²) in [7, 11) is 3.92. The van der Waals surface area contributed by atoms with Crippen LogP contribution in [0.3, 0.4) is 0 Å². The number of carbonyl (C=O) groups excluding carboxylic acids is 2. The van der Waals surface area contributed by atoms with Gasteiger partial charge in [0.05, 0.1) is 11.4 Å². The molecule has 33 heavy (non-hydrogen) atoms. The minimum Gasteiger partial charge on any atom is -0.397 e. The van der Waals surface area contributed by atoms with Crippen molar-refractivity contribution >= 4 is 40.6 Å². The molecule has 0 aromatic heterocycles. The predicted molar refractivity (Wildman–Crippen MR) is 135 cm³/mol. The number of urea groups is 1. The summed E-state index contributed by atoms with van der Waals surface area (Å²) in [5.74, 6) is -0.246. The third-order valence-electron chi connectivity index (χ3n) is 5.00. The standard InChI is InChI=1S/C25H28ClN5O2/c1-30(2)15-16-31(25(33)28-21-13-11-20(26)12-14-21)17-18-7-9-19(10-8-18)24(32)29-23-6-4-3-5-22(23)27/h3-14H,15-17,27H2,1-2H3,(H,28,33)(H,29,32). The van der Waals surface area contributed by atoms with Crippen molar-refractivity contribution in [1.29, 1.82) is 0 Å². The first-order valence-electron chi connectivity index (χ1n) is 10.5. The van der Waals surface area contributed by atoms with E-state index in [9.17, 15) is 9.59 Å². The Labute approximate surface area is 199 Å². The van der Waals surface area contributed by atoms with Gasteiger partial charge in [0.2, 0.25) is 0 Å². The highest BCUT2D eigenvalue weighted by atomic mass is 35.5. The van der Waals surface area contributed by atoms with Crippen LogP contribution in [0.15, 0.2) is 72.8 Å². The maximum Gasteiger partial charge on any atom is 0.322 e. The summed E-state index contributed by atoms with van der Waals surface area (Å²) in [5, 5.41) is 6.33. The fraction of sp³-hybridized carbons (Fsp3) is 0.200. The van der Waals surface area contributed by atoms with Crippen molar-refractivity contribution in [2.45, 2.75) is 6.54 Å². The van der Waals surface area contributed by atoms with E-state index < -0.39 is 0 Å². The number of para-hydroxylation sites is 2. The molecule has 3 rings (SSSR count). The highest BCUT2D eigenvalue weighted by molar-refractivity contribution is 6.30. The molecule has 0 spiro atoms. The number of nitrogens with zero attached hydrogens (tertiary/aromatic N) is 2. The quantitative estimate of drug-likeness (QED) is 0.418. The zero-order valence-electron chi connectivity index (χ0n) is 18.7. The molecule has 0 heterocycles. The van der Waals surface area contributed by atoms with Crippen LogP contribution in [-0.4, -0.2) is 48.9 Å². The Morgan fingerprint density at radius 2 is 1.55 bits per heavy atom. The highest BCUT2D eigenvalue weighted by Gasteiger charge is 2.15. The smallest absolute Gasteiger partial charge is 0.322 e. The fourth-order valence-corrected chi connectivity index (χ4v) is 3.22.